The standard InChI is InChI=1S/C15H21FN4O/c1-3-6-21-15-8-14(13(17)7-12(15)16)18-4-5-20-10-11(2)9-19-20/h7-10,18H,3-6,17H2,1-2H3. The van der Waals surface area contributed by atoms with E-state index in [1.165, 1.54) is 6.07 Å². The lowest BCUT2D eigenvalue weighted by atomic mass is 10.2. The maximum atomic E-state index is 13.7. The number of halogens is 1. The fourth-order valence-electron chi connectivity index (χ4n) is 1.94. The first-order valence-electron chi connectivity index (χ1n) is 7.05. The molecule has 0 atom stereocenters. The Bertz CT molecular complexity index is 597. The van der Waals surface area contributed by atoms with E-state index in [0.29, 0.717) is 31.1 Å². The van der Waals surface area contributed by atoms with Gasteiger partial charge < -0.3 is 15.8 Å². The second-order valence-corrected chi connectivity index (χ2v) is 4.93. The van der Waals surface area contributed by atoms with Crippen molar-refractivity contribution in [3.63, 3.8) is 0 Å². The molecule has 6 heteroatoms. The topological polar surface area (TPSA) is 65.1 Å². The maximum absolute atomic E-state index is 13.7. The summed E-state index contributed by atoms with van der Waals surface area (Å²) in [5.41, 5.74) is 7.98. The SMILES string of the molecule is CCCOc1cc(NCCn2cc(C)cn2)c(N)cc1F. The smallest absolute Gasteiger partial charge is 0.167 e. The van der Waals surface area contributed by atoms with Crippen molar-refractivity contribution >= 4 is 11.4 Å². The minimum Gasteiger partial charge on any atom is -0.490 e. The Balaban J connectivity index is 1.98. The number of nitrogens with one attached hydrogen (secondary N) is 1. The van der Waals surface area contributed by atoms with Crippen molar-refractivity contribution in [1.82, 2.24) is 9.78 Å². The summed E-state index contributed by atoms with van der Waals surface area (Å²) >= 11 is 0. The number of anilines is 2. The number of nitrogens with two attached hydrogens (primary N) is 1. The van der Waals surface area contributed by atoms with Gasteiger partial charge in [0, 0.05) is 24.9 Å². The van der Waals surface area contributed by atoms with E-state index in [4.69, 9.17) is 10.5 Å². The third-order valence-corrected chi connectivity index (χ3v) is 2.98. The summed E-state index contributed by atoms with van der Waals surface area (Å²) in [6.45, 7) is 5.79. The molecule has 2 aromatic rings. The van der Waals surface area contributed by atoms with Crippen LogP contribution in [0, 0.1) is 12.7 Å². The monoisotopic (exact) mass is 292 g/mol. The lowest BCUT2D eigenvalue weighted by Crippen LogP contribution is -2.12. The summed E-state index contributed by atoms with van der Waals surface area (Å²) in [5, 5.41) is 7.38. The van der Waals surface area contributed by atoms with Crippen molar-refractivity contribution in [3.05, 3.63) is 35.9 Å². The minimum absolute atomic E-state index is 0.225. The Morgan fingerprint density at radius 3 is 2.90 bits per heavy atom. The van der Waals surface area contributed by atoms with Crippen LogP contribution in [0.1, 0.15) is 18.9 Å². The third-order valence-electron chi connectivity index (χ3n) is 2.98. The molecule has 2 rings (SSSR count). The van der Waals surface area contributed by atoms with E-state index in [1.54, 1.807) is 6.07 Å². The fraction of sp³-hybridized carbons (Fsp3) is 0.400. The highest BCUT2D eigenvalue weighted by Crippen LogP contribution is 2.28. The average Bonchev–Trinajstić information content (AvgIpc) is 2.85. The predicted octanol–water partition coefficient (Wildman–Crippen LogP) is 2.81. The molecule has 21 heavy (non-hydrogen) atoms. The van der Waals surface area contributed by atoms with Crippen LogP contribution in [0.2, 0.25) is 0 Å². The second-order valence-electron chi connectivity index (χ2n) is 4.93. The zero-order chi connectivity index (χ0) is 15.2. The van der Waals surface area contributed by atoms with Crippen molar-refractivity contribution in [2.75, 3.05) is 24.2 Å². The highest BCUT2D eigenvalue weighted by atomic mass is 19.1. The first-order chi connectivity index (χ1) is 10.1. The van der Waals surface area contributed by atoms with Gasteiger partial charge in [0.1, 0.15) is 0 Å². The Hall–Kier alpha value is -2.24. The van der Waals surface area contributed by atoms with E-state index in [1.807, 2.05) is 30.9 Å². The molecule has 0 saturated heterocycles. The van der Waals surface area contributed by atoms with Crippen LogP contribution in [0.3, 0.4) is 0 Å². The Labute approximate surface area is 123 Å². The van der Waals surface area contributed by atoms with Crippen molar-refractivity contribution < 1.29 is 9.13 Å². The van der Waals surface area contributed by atoms with Crippen molar-refractivity contribution in [3.8, 4) is 5.75 Å². The summed E-state index contributed by atoms with van der Waals surface area (Å²) in [6, 6.07) is 2.89. The molecule has 1 aromatic carbocycles. The third kappa shape index (κ3) is 4.11. The number of benzene rings is 1. The molecule has 0 aliphatic heterocycles. The summed E-state index contributed by atoms with van der Waals surface area (Å²) in [4.78, 5) is 0. The van der Waals surface area contributed by atoms with Gasteiger partial charge in [-0.1, -0.05) is 6.92 Å². The van der Waals surface area contributed by atoms with Gasteiger partial charge in [-0.05, 0) is 18.9 Å². The number of nitrogen functional groups attached to an aromatic ring is 1. The quantitative estimate of drug-likeness (QED) is 0.770. The lowest BCUT2D eigenvalue weighted by Gasteiger charge is -2.13. The average molecular weight is 292 g/mol. The molecule has 0 fully saturated rings. The van der Waals surface area contributed by atoms with Gasteiger partial charge >= 0.3 is 0 Å². The summed E-state index contributed by atoms with van der Waals surface area (Å²) < 4.78 is 20.9. The molecule has 3 N–H and O–H groups in total. The largest absolute Gasteiger partial charge is 0.490 e. The van der Waals surface area contributed by atoms with Crippen LogP contribution < -0.4 is 15.8 Å². The Morgan fingerprint density at radius 1 is 1.43 bits per heavy atom. The molecule has 0 unspecified atom stereocenters. The number of ether oxygens (including phenoxy) is 1. The van der Waals surface area contributed by atoms with Gasteiger partial charge in [-0.15, -0.1) is 0 Å². The molecule has 0 aliphatic rings. The molecule has 0 aliphatic carbocycles. The zero-order valence-corrected chi connectivity index (χ0v) is 12.4. The molecule has 1 heterocycles. The molecule has 0 bridgehead atoms. The normalized spacial score (nSPS) is 10.6. The zero-order valence-electron chi connectivity index (χ0n) is 12.4. The van der Waals surface area contributed by atoms with Crippen molar-refractivity contribution in [2.45, 2.75) is 26.8 Å². The number of nitrogens with zero attached hydrogens (tertiary/aromatic N) is 2. The Morgan fingerprint density at radius 2 is 2.24 bits per heavy atom. The highest BCUT2D eigenvalue weighted by molar-refractivity contribution is 5.68. The van der Waals surface area contributed by atoms with E-state index in [-0.39, 0.29) is 5.75 Å². The van der Waals surface area contributed by atoms with Crippen LogP contribution in [0.25, 0.3) is 0 Å². The van der Waals surface area contributed by atoms with Crippen molar-refractivity contribution in [1.29, 1.82) is 0 Å². The number of rotatable bonds is 7. The summed E-state index contributed by atoms with van der Waals surface area (Å²) in [5.74, 6) is -0.210. The molecule has 0 amide bonds. The van der Waals surface area contributed by atoms with Gasteiger partial charge in [-0.25, -0.2) is 4.39 Å². The fourth-order valence-corrected chi connectivity index (χ4v) is 1.94. The van der Waals surface area contributed by atoms with Crippen LogP contribution in [-0.4, -0.2) is 22.9 Å². The van der Waals surface area contributed by atoms with E-state index >= 15 is 0 Å². The number of hydrogen-bond donors (Lipinski definition) is 2. The lowest BCUT2D eigenvalue weighted by molar-refractivity contribution is 0.301. The summed E-state index contributed by atoms with van der Waals surface area (Å²) in [6.07, 6.45) is 4.60. The van der Waals surface area contributed by atoms with Crippen LogP contribution in [-0.2, 0) is 6.54 Å². The van der Waals surface area contributed by atoms with Gasteiger partial charge in [0.25, 0.3) is 0 Å². The predicted molar refractivity (Wildman–Crippen MR) is 82.1 cm³/mol. The number of aryl methyl sites for hydroxylation is 1. The first kappa shape index (κ1) is 15.2. The molecule has 0 radical (unpaired) electrons. The first-order valence-corrected chi connectivity index (χ1v) is 7.05. The molecule has 0 spiro atoms. The van der Waals surface area contributed by atoms with Crippen molar-refractivity contribution in [2.24, 2.45) is 0 Å². The molecular weight excluding hydrogens is 271 g/mol. The number of aromatic nitrogens is 2. The van der Waals surface area contributed by atoms with E-state index < -0.39 is 5.82 Å². The van der Waals surface area contributed by atoms with E-state index in [2.05, 4.69) is 10.4 Å². The molecule has 0 saturated carbocycles. The molecule has 1 aromatic heterocycles. The minimum atomic E-state index is -0.436. The van der Waals surface area contributed by atoms with E-state index in [9.17, 15) is 4.39 Å². The number of hydrogen-bond acceptors (Lipinski definition) is 4. The van der Waals surface area contributed by atoms with Crippen LogP contribution in [0.15, 0.2) is 24.5 Å². The van der Waals surface area contributed by atoms with Gasteiger partial charge in [-0.2, -0.15) is 5.10 Å². The van der Waals surface area contributed by atoms with Gasteiger partial charge in [-0.3, -0.25) is 4.68 Å². The van der Waals surface area contributed by atoms with E-state index in [0.717, 1.165) is 12.0 Å². The van der Waals surface area contributed by atoms with Crippen LogP contribution in [0.4, 0.5) is 15.8 Å². The van der Waals surface area contributed by atoms with Crippen LogP contribution >= 0.6 is 0 Å². The molecular formula is C15H21FN4O. The van der Waals surface area contributed by atoms with Gasteiger partial charge in [0.2, 0.25) is 0 Å². The maximum Gasteiger partial charge on any atom is 0.167 e. The highest BCUT2D eigenvalue weighted by Gasteiger charge is 2.09. The second kappa shape index (κ2) is 6.97. The van der Waals surface area contributed by atoms with Gasteiger partial charge in [0.15, 0.2) is 11.6 Å². The Kier molecular flexibility index (Phi) is 5.03. The molecule has 114 valence electrons. The van der Waals surface area contributed by atoms with Gasteiger partial charge in [0.05, 0.1) is 30.7 Å². The summed E-state index contributed by atoms with van der Waals surface area (Å²) in [7, 11) is 0. The molecule has 5 nitrogen and oxygen atoms in total. The van der Waals surface area contributed by atoms with Crippen LogP contribution in [0.5, 0.6) is 5.75 Å².